The number of hydrogen-bond donors (Lipinski definition) is 0. The van der Waals surface area contributed by atoms with E-state index in [-0.39, 0.29) is 0 Å². The predicted molar refractivity (Wildman–Crippen MR) is 201 cm³/mol. The molecule has 224 valence electrons. The number of fused-ring (bicyclic) bond motifs is 7. The first-order chi connectivity index (χ1) is 23.8. The van der Waals surface area contributed by atoms with Crippen molar-refractivity contribution in [2.45, 2.75) is 0 Å². The molecule has 0 radical (unpaired) electrons. The van der Waals surface area contributed by atoms with Gasteiger partial charge in [-0.3, -0.25) is 0 Å². The number of benzene rings is 7. The van der Waals surface area contributed by atoms with Crippen molar-refractivity contribution in [1.82, 2.24) is 9.97 Å². The zero-order chi connectivity index (χ0) is 31.6. The molecule has 10 aromatic rings. The molecule has 0 N–H and O–H groups in total. The molecule has 3 aromatic heterocycles. The van der Waals surface area contributed by atoms with Crippen LogP contribution in [0.1, 0.15) is 0 Å². The van der Waals surface area contributed by atoms with Crippen molar-refractivity contribution < 1.29 is 4.42 Å². The third-order valence-corrected chi connectivity index (χ3v) is 10.5. The topological polar surface area (TPSA) is 38.9 Å². The molecule has 0 bridgehead atoms. The summed E-state index contributed by atoms with van der Waals surface area (Å²) in [7, 11) is 0. The van der Waals surface area contributed by atoms with Crippen molar-refractivity contribution in [3.05, 3.63) is 158 Å². The summed E-state index contributed by atoms with van der Waals surface area (Å²) in [5, 5.41) is 5.65. The standard InChI is InChI=1S/C44H26N2OS/c1-2-10-27(11-3-1)29-20-23-30(24-21-29)40-43-41(34-14-6-7-19-38(34)48-43)46-44(45-40)36-17-9-18-37-39(36)35-16-8-15-33(42(35)47-37)32-25-22-28-12-4-5-13-31(28)26-32/h1-26H. The SMILES string of the molecule is c1ccc(-c2ccc(-c3nc(-c4cccc5oc6c(-c7ccc8ccccc8c7)cccc6c45)nc4c3sc3ccccc34)cc2)cc1. The van der Waals surface area contributed by atoms with Gasteiger partial charge in [0.25, 0.3) is 0 Å². The summed E-state index contributed by atoms with van der Waals surface area (Å²) >= 11 is 1.75. The van der Waals surface area contributed by atoms with E-state index >= 15 is 0 Å². The van der Waals surface area contributed by atoms with Crippen LogP contribution in [0.25, 0.3) is 97.9 Å². The van der Waals surface area contributed by atoms with Gasteiger partial charge in [-0.2, -0.15) is 0 Å². The smallest absolute Gasteiger partial charge is 0.161 e. The number of hydrogen-bond acceptors (Lipinski definition) is 4. The fraction of sp³-hybridized carbons (Fsp3) is 0. The monoisotopic (exact) mass is 630 g/mol. The molecule has 0 aliphatic heterocycles. The van der Waals surface area contributed by atoms with E-state index in [4.69, 9.17) is 14.4 Å². The van der Waals surface area contributed by atoms with Crippen LogP contribution in [0.15, 0.2) is 162 Å². The molecule has 0 spiro atoms. The van der Waals surface area contributed by atoms with Gasteiger partial charge in [-0.1, -0.05) is 140 Å². The second-order valence-corrected chi connectivity index (χ2v) is 13.2. The maximum atomic E-state index is 6.67. The summed E-state index contributed by atoms with van der Waals surface area (Å²) in [5.41, 5.74) is 10.2. The highest BCUT2D eigenvalue weighted by Crippen LogP contribution is 2.43. The van der Waals surface area contributed by atoms with E-state index in [1.54, 1.807) is 11.3 Å². The number of aromatic nitrogens is 2. The van der Waals surface area contributed by atoms with E-state index in [9.17, 15) is 0 Å². The lowest BCUT2D eigenvalue weighted by Crippen LogP contribution is -1.94. The van der Waals surface area contributed by atoms with Crippen LogP contribution in [0.4, 0.5) is 0 Å². The van der Waals surface area contributed by atoms with Crippen LogP contribution in [-0.2, 0) is 0 Å². The molecule has 0 amide bonds. The van der Waals surface area contributed by atoms with Crippen molar-refractivity contribution in [3.8, 4) is 44.9 Å². The van der Waals surface area contributed by atoms with Gasteiger partial charge < -0.3 is 4.42 Å². The van der Waals surface area contributed by atoms with Gasteiger partial charge in [0, 0.05) is 37.5 Å². The Morgan fingerprint density at radius 3 is 2.06 bits per heavy atom. The molecule has 3 heterocycles. The lowest BCUT2D eigenvalue weighted by atomic mass is 9.98. The molecule has 10 rings (SSSR count). The Kier molecular flexibility index (Phi) is 6.05. The Bertz CT molecular complexity index is 2830. The molecule has 4 heteroatoms. The third kappa shape index (κ3) is 4.27. The van der Waals surface area contributed by atoms with Gasteiger partial charge in [-0.25, -0.2) is 9.97 Å². The van der Waals surface area contributed by atoms with Crippen LogP contribution in [0.3, 0.4) is 0 Å². The maximum absolute atomic E-state index is 6.67. The lowest BCUT2D eigenvalue weighted by Gasteiger charge is -2.09. The largest absolute Gasteiger partial charge is 0.455 e. The highest BCUT2D eigenvalue weighted by atomic mass is 32.1. The quantitative estimate of drug-likeness (QED) is 0.194. The van der Waals surface area contributed by atoms with Gasteiger partial charge in [0.15, 0.2) is 5.82 Å². The fourth-order valence-electron chi connectivity index (χ4n) is 6.98. The zero-order valence-corrected chi connectivity index (χ0v) is 26.5. The minimum absolute atomic E-state index is 0.692. The van der Waals surface area contributed by atoms with E-state index in [1.165, 1.54) is 26.6 Å². The third-order valence-electron chi connectivity index (χ3n) is 9.31. The Hall–Kier alpha value is -6.10. The normalized spacial score (nSPS) is 11.8. The summed E-state index contributed by atoms with van der Waals surface area (Å²) in [5.74, 6) is 0.692. The van der Waals surface area contributed by atoms with Crippen LogP contribution >= 0.6 is 11.3 Å². The Morgan fingerprint density at radius 2 is 1.17 bits per heavy atom. The Morgan fingerprint density at radius 1 is 0.479 bits per heavy atom. The highest BCUT2D eigenvalue weighted by molar-refractivity contribution is 7.26. The summed E-state index contributed by atoms with van der Waals surface area (Å²) in [6, 6.07) is 55.4. The first kappa shape index (κ1) is 27.1. The predicted octanol–water partition coefficient (Wildman–Crippen LogP) is 12.6. The fourth-order valence-corrected chi connectivity index (χ4v) is 8.13. The number of para-hydroxylation sites is 1. The van der Waals surface area contributed by atoms with Crippen molar-refractivity contribution in [1.29, 1.82) is 0 Å². The number of furan rings is 1. The first-order valence-corrected chi connectivity index (χ1v) is 16.9. The van der Waals surface area contributed by atoms with Crippen molar-refractivity contribution in [2.24, 2.45) is 0 Å². The van der Waals surface area contributed by atoms with Crippen LogP contribution in [-0.4, -0.2) is 9.97 Å². The summed E-state index contributed by atoms with van der Waals surface area (Å²) in [6.45, 7) is 0. The van der Waals surface area contributed by atoms with Crippen LogP contribution in [0.5, 0.6) is 0 Å². The van der Waals surface area contributed by atoms with E-state index in [0.29, 0.717) is 5.82 Å². The number of nitrogens with zero attached hydrogens (tertiary/aromatic N) is 2. The van der Waals surface area contributed by atoms with Gasteiger partial charge in [-0.05, 0) is 45.7 Å². The molecule has 7 aromatic carbocycles. The van der Waals surface area contributed by atoms with E-state index in [2.05, 4.69) is 140 Å². The minimum atomic E-state index is 0.692. The summed E-state index contributed by atoms with van der Waals surface area (Å²) in [6.07, 6.45) is 0. The zero-order valence-electron chi connectivity index (χ0n) is 25.7. The van der Waals surface area contributed by atoms with E-state index < -0.39 is 0 Å². The molecule has 3 nitrogen and oxygen atoms in total. The molecule has 0 fully saturated rings. The van der Waals surface area contributed by atoms with Gasteiger partial charge in [0.05, 0.1) is 15.9 Å². The summed E-state index contributed by atoms with van der Waals surface area (Å²) in [4.78, 5) is 10.6. The molecule has 0 saturated heterocycles. The maximum Gasteiger partial charge on any atom is 0.161 e. The average molecular weight is 631 g/mol. The van der Waals surface area contributed by atoms with E-state index in [1.807, 2.05) is 18.2 Å². The van der Waals surface area contributed by atoms with Crippen molar-refractivity contribution >= 4 is 64.4 Å². The first-order valence-electron chi connectivity index (χ1n) is 16.1. The Balaban J connectivity index is 1.19. The van der Waals surface area contributed by atoms with Crippen molar-refractivity contribution in [3.63, 3.8) is 0 Å². The van der Waals surface area contributed by atoms with Gasteiger partial charge in [-0.15, -0.1) is 11.3 Å². The molecule has 0 saturated carbocycles. The molecular formula is C44H26N2OS. The van der Waals surface area contributed by atoms with Crippen LogP contribution < -0.4 is 0 Å². The molecule has 0 atom stereocenters. The van der Waals surface area contributed by atoms with Gasteiger partial charge in [0.1, 0.15) is 11.2 Å². The lowest BCUT2D eigenvalue weighted by molar-refractivity contribution is 0.670. The molecular weight excluding hydrogens is 605 g/mol. The van der Waals surface area contributed by atoms with Crippen LogP contribution in [0.2, 0.25) is 0 Å². The number of thiophene rings is 1. The van der Waals surface area contributed by atoms with Gasteiger partial charge >= 0.3 is 0 Å². The van der Waals surface area contributed by atoms with E-state index in [0.717, 1.165) is 65.5 Å². The second kappa shape index (κ2) is 10.7. The molecule has 0 unspecified atom stereocenters. The average Bonchev–Trinajstić information content (AvgIpc) is 3.73. The molecule has 0 aliphatic rings. The minimum Gasteiger partial charge on any atom is -0.455 e. The van der Waals surface area contributed by atoms with Crippen molar-refractivity contribution in [2.75, 3.05) is 0 Å². The highest BCUT2D eigenvalue weighted by Gasteiger charge is 2.21. The molecule has 48 heavy (non-hydrogen) atoms. The number of rotatable bonds is 4. The van der Waals surface area contributed by atoms with Crippen LogP contribution in [0, 0.1) is 0 Å². The Labute approximate surface area is 280 Å². The second-order valence-electron chi connectivity index (χ2n) is 12.1. The summed E-state index contributed by atoms with van der Waals surface area (Å²) < 4.78 is 8.97. The molecule has 0 aliphatic carbocycles. The van der Waals surface area contributed by atoms with Gasteiger partial charge in [0.2, 0.25) is 0 Å².